The van der Waals surface area contributed by atoms with Gasteiger partial charge in [0.15, 0.2) is 0 Å². The molecule has 0 unspecified atom stereocenters. The molecule has 2 heterocycles. The van der Waals surface area contributed by atoms with Gasteiger partial charge in [0.1, 0.15) is 0 Å². The van der Waals surface area contributed by atoms with Crippen molar-refractivity contribution in [3.8, 4) is 17.1 Å². The highest BCUT2D eigenvalue weighted by atomic mass is 35.5. The number of aromatic nitrogens is 6. The summed E-state index contributed by atoms with van der Waals surface area (Å²) in [5.41, 5.74) is 3.81. The van der Waals surface area contributed by atoms with Gasteiger partial charge >= 0.3 is 0 Å². The van der Waals surface area contributed by atoms with Crippen LogP contribution in [0.15, 0.2) is 52.0 Å². The minimum absolute atomic E-state index is 0.0273. The summed E-state index contributed by atoms with van der Waals surface area (Å²) in [7, 11) is 0. The molecule has 2 aromatic heterocycles. The Kier molecular flexibility index (Phi) is 6.34. The highest BCUT2D eigenvalue weighted by Gasteiger charge is 2.34. The topological polar surface area (TPSA) is 103 Å². The van der Waals surface area contributed by atoms with Crippen LogP contribution >= 0.6 is 23.4 Å². The van der Waals surface area contributed by atoms with Crippen LogP contribution in [-0.2, 0) is 11.3 Å². The van der Waals surface area contributed by atoms with Gasteiger partial charge < -0.3 is 9.32 Å². The van der Waals surface area contributed by atoms with Gasteiger partial charge in [0.25, 0.3) is 0 Å². The van der Waals surface area contributed by atoms with Crippen molar-refractivity contribution in [1.29, 1.82) is 0 Å². The van der Waals surface area contributed by atoms with Crippen LogP contribution in [0.1, 0.15) is 29.9 Å². The predicted octanol–water partition coefficient (Wildman–Crippen LogP) is 4.27. The highest BCUT2D eigenvalue weighted by Crippen LogP contribution is 2.31. The van der Waals surface area contributed by atoms with Crippen molar-refractivity contribution in [1.82, 2.24) is 35.3 Å². The summed E-state index contributed by atoms with van der Waals surface area (Å²) in [5, 5.41) is 21.4. The standard InChI is InChI=1S/C23H22ClN7O2S/c1-14-6-5-9-19(15(14)2)31-23(27-28-29-31)34-13-21(32)30(16-10-11-16)12-20-25-26-22(33-20)17-7-3-4-8-18(17)24/h3-9,16H,10-13H2,1-2H3. The lowest BCUT2D eigenvalue weighted by Gasteiger charge is -2.20. The third-order valence-corrected chi connectivity index (χ3v) is 6.99. The van der Waals surface area contributed by atoms with E-state index in [-0.39, 0.29) is 24.2 Å². The molecule has 0 N–H and O–H groups in total. The molecule has 0 saturated heterocycles. The number of halogens is 1. The SMILES string of the molecule is Cc1cccc(-n2nnnc2SCC(=O)N(Cc2nnc(-c3ccccc3Cl)o2)C2CC2)c1C. The number of aryl methyl sites for hydroxylation is 1. The van der Waals surface area contributed by atoms with E-state index in [4.69, 9.17) is 16.0 Å². The van der Waals surface area contributed by atoms with Crippen LogP contribution in [0.2, 0.25) is 5.02 Å². The number of hydrogen-bond donors (Lipinski definition) is 0. The Labute approximate surface area is 205 Å². The first-order valence-corrected chi connectivity index (χ1v) is 12.2. The van der Waals surface area contributed by atoms with Gasteiger partial charge in [0.05, 0.1) is 28.6 Å². The van der Waals surface area contributed by atoms with Gasteiger partial charge in [-0.15, -0.1) is 15.3 Å². The minimum atomic E-state index is -0.0273. The largest absolute Gasteiger partial charge is 0.419 e. The number of amides is 1. The van der Waals surface area contributed by atoms with E-state index < -0.39 is 0 Å². The van der Waals surface area contributed by atoms with Crippen LogP contribution in [0, 0.1) is 13.8 Å². The summed E-state index contributed by atoms with van der Waals surface area (Å²) in [5.74, 6) is 0.888. The second-order valence-electron chi connectivity index (χ2n) is 8.11. The zero-order chi connectivity index (χ0) is 23.7. The van der Waals surface area contributed by atoms with E-state index in [1.54, 1.807) is 15.6 Å². The fourth-order valence-corrected chi connectivity index (χ4v) is 4.59. The molecular formula is C23H22ClN7O2S. The van der Waals surface area contributed by atoms with E-state index in [1.165, 1.54) is 11.8 Å². The van der Waals surface area contributed by atoms with Crippen molar-refractivity contribution in [3.63, 3.8) is 0 Å². The number of hydrogen-bond acceptors (Lipinski definition) is 8. The van der Waals surface area contributed by atoms with Gasteiger partial charge in [-0.05, 0) is 66.4 Å². The molecule has 0 radical (unpaired) electrons. The van der Waals surface area contributed by atoms with Gasteiger partial charge in [0.2, 0.25) is 22.8 Å². The van der Waals surface area contributed by atoms with Gasteiger partial charge in [0, 0.05) is 6.04 Å². The first-order valence-electron chi connectivity index (χ1n) is 10.9. The molecule has 2 aromatic carbocycles. The van der Waals surface area contributed by atoms with Crippen LogP contribution in [0.3, 0.4) is 0 Å². The Balaban J connectivity index is 1.28. The van der Waals surface area contributed by atoms with Gasteiger partial charge in [-0.3, -0.25) is 4.79 Å². The first-order chi connectivity index (χ1) is 16.5. The number of carbonyl (C=O) groups excluding carboxylic acids is 1. The first kappa shape index (κ1) is 22.5. The van der Waals surface area contributed by atoms with Crippen LogP contribution in [0.5, 0.6) is 0 Å². The molecule has 0 bridgehead atoms. The lowest BCUT2D eigenvalue weighted by Crippen LogP contribution is -2.34. The number of carbonyl (C=O) groups is 1. The maximum Gasteiger partial charge on any atom is 0.249 e. The number of benzene rings is 2. The summed E-state index contributed by atoms with van der Waals surface area (Å²) in [6.07, 6.45) is 1.92. The van der Waals surface area contributed by atoms with E-state index in [0.717, 1.165) is 29.7 Å². The average Bonchev–Trinajstić information content (AvgIpc) is 3.38. The molecule has 5 rings (SSSR count). The third-order valence-electron chi connectivity index (χ3n) is 5.75. The minimum Gasteiger partial charge on any atom is -0.419 e. The normalized spacial score (nSPS) is 13.3. The van der Waals surface area contributed by atoms with Crippen LogP contribution < -0.4 is 0 Å². The summed E-state index contributed by atoms with van der Waals surface area (Å²) in [6.45, 7) is 4.33. The van der Waals surface area contributed by atoms with Crippen molar-refractivity contribution in [3.05, 3.63) is 64.5 Å². The second kappa shape index (κ2) is 9.55. The van der Waals surface area contributed by atoms with E-state index in [0.29, 0.717) is 27.5 Å². The van der Waals surface area contributed by atoms with E-state index in [1.807, 2.05) is 50.2 Å². The molecule has 1 aliphatic rings. The molecule has 1 amide bonds. The Hall–Kier alpha value is -3.24. The predicted molar refractivity (Wildman–Crippen MR) is 128 cm³/mol. The zero-order valence-electron chi connectivity index (χ0n) is 18.7. The van der Waals surface area contributed by atoms with Gasteiger partial charge in [-0.1, -0.05) is 47.6 Å². The number of nitrogens with zero attached hydrogens (tertiary/aromatic N) is 7. The van der Waals surface area contributed by atoms with Crippen LogP contribution in [0.4, 0.5) is 0 Å². The summed E-state index contributed by atoms with van der Waals surface area (Å²) in [4.78, 5) is 14.9. The molecule has 1 saturated carbocycles. The van der Waals surface area contributed by atoms with Gasteiger partial charge in [-0.25, -0.2) is 0 Å². The molecule has 0 spiro atoms. The van der Waals surface area contributed by atoms with Crippen molar-refractivity contribution < 1.29 is 9.21 Å². The Bertz CT molecular complexity index is 1330. The fourth-order valence-electron chi connectivity index (χ4n) is 3.61. The summed E-state index contributed by atoms with van der Waals surface area (Å²) >= 11 is 7.55. The van der Waals surface area contributed by atoms with Crippen molar-refractivity contribution in [2.75, 3.05) is 5.75 Å². The lowest BCUT2D eigenvalue weighted by molar-refractivity contribution is -0.129. The van der Waals surface area contributed by atoms with Crippen LogP contribution in [0.25, 0.3) is 17.1 Å². The maximum absolute atomic E-state index is 13.1. The second-order valence-corrected chi connectivity index (χ2v) is 9.46. The molecule has 11 heteroatoms. The summed E-state index contributed by atoms with van der Waals surface area (Å²) < 4.78 is 7.49. The molecule has 4 aromatic rings. The molecule has 0 atom stereocenters. The van der Waals surface area contributed by atoms with E-state index in [9.17, 15) is 4.79 Å². The molecule has 1 fully saturated rings. The third kappa shape index (κ3) is 4.69. The monoisotopic (exact) mass is 495 g/mol. The zero-order valence-corrected chi connectivity index (χ0v) is 20.3. The summed E-state index contributed by atoms with van der Waals surface area (Å²) in [6, 6.07) is 13.4. The van der Waals surface area contributed by atoms with E-state index >= 15 is 0 Å². The van der Waals surface area contributed by atoms with E-state index in [2.05, 4.69) is 25.7 Å². The molecular weight excluding hydrogens is 474 g/mol. The van der Waals surface area contributed by atoms with Crippen molar-refractivity contribution in [2.24, 2.45) is 0 Å². The fraction of sp³-hybridized carbons (Fsp3) is 0.304. The smallest absolute Gasteiger partial charge is 0.249 e. The van der Waals surface area contributed by atoms with Crippen molar-refractivity contribution >= 4 is 29.3 Å². The maximum atomic E-state index is 13.1. The quantitative estimate of drug-likeness (QED) is 0.334. The number of tetrazole rings is 1. The molecule has 174 valence electrons. The Morgan fingerprint density at radius 2 is 1.97 bits per heavy atom. The Morgan fingerprint density at radius 3 is 2.76 bits per heavy atom. The van der Waals surface area contributed by atoms with Gasteiger partial charge in [-0.2, -0.15) is 4.68 Å². The molecule has 1 aliphatic carbocycles. The molecule has 9 nitrogen and oxygen atoms in total. The number of rotatable bonds is 8. The highest BCUT2D eigenvalue weighted by molar-refractivity contribution is 7.99. The molecule has 0 aliphatic heterocycles. The van der Waals surface area contributed by atoms with Crippen LogP contribution in [-0.4, -0.2) is 53.0 Å². The molecule has 34 heavy (non-hydrogen) atoms. The number of thioether (sulfide) groups is 1. The average molecular weight is 496 g/mol. The Morgan fingerprint density at radius 1 is 1.15 bits per heavy atom. The van der Waals surface area contributed by atoms with Crippen molar-refractivity contribution in [2.45, 2.75) is 44.4 Å². The lowest BCUT2D eigenvalue weighted by atomic mass is 10.1.